The molecule has 0 bridgehead atoms. The molecule has 0 heterocycles. The molecule has 1 saturated carbocycles. The van der Waals surface area contributed by atoms with E-state index < -0.39 is 0 Å². The van der Waals surface area contributed by atoms with Gasteiger partial charge in [0.15, 0.2) is 5.78 Å². The molecule has 1 aliphatic rings. The van der Waals surface area contributed by atoms with E-state index >= 15 is 0 Å². The van der Waals surface area contributed by atoms with E-state index in [1.165, 1.54) is 5.56 Å². The highest BCUT2D eigenvalue weighted by atomic mass is 16.1. The minimum atomic E-state index is 0.306. The molecule has 120 valence electrons. The number of carbonyl (C=O) groups is 1. The predicted octanol–water partition coefficient (Wildman–Crippen LogP) is 5.35. The molecule has 0 radical (unpaired) electrons. The molecule has 0 unspecified atom stereocenters. The number of allylic oxidation sites excluding steroid dienone is 1. The molecular weight excluding hydrogens is 270 g/mol. The minimum Gasteiger partial charge on any atom is -0.361 e. The Morgan fingerprint density at radius 2 is 1.91 bits per heavy atom. The summed E-state index contributed by atoms with van der Waals surface area (Å²) < 4.78 is 0. The third kappa shape index (κ3) is 4.00. The molecule has 0 spiro atoms. The number of ketones is 1. The molecule has 0 saturated heterocycles. The highest BCUT2D eigenvalue weighted by Gasteiger charge is 2.33. The van der Waals surface area contributed by atoms with Crippen molar-refractivity contribution in [1.82, 2.24) is 0 Å². The topological polar surface area (TPSA) is 29.1 Å². The highest BCUT2D eigenvalue weighted by Crippen LogP contribution is 2.41. The number of aryl methyl sites for hydroxylation is 1. The Morgan fingerprint density at radius 1 is 1.23 bits per heavy atom. The Kier molecular flexibility index (Phi) is 5.44. The summed E-state index contributed by atoms with van der Waals surface area (Å²) in [5, 5.41) is 3.30. The quantitative estimate of drug-likeness (QED) is 0.742. The van der Waals surface area contributed by atoms with Crippen molar-refractivity contribution in [1.29, 1.82) is 0 Å². The normalized spacial score (nSPS) is 21.2. The van der Waals surface area contributed by atoms with Crippen molar-refractivity contribution in [2.75, 3.05) is 5.32 Å². The van der Waals surface area contributed by atoms with Crippen molar-refractivity contribution in [2.24, 2.45) is 11.3 Å². The molecular formula is C20H29NO. The van der Waals surface area contributed by atoms with Gasteiger partial charge in [-0.2, -0.15) is 0 Å². The average Bonchev–Trinajstić information content (AvgIpc) is 2.54. The number of Topliss-reactive ketones (excluding diaryl/α,β-unsaturated/α-hetero) is 1. The van der Waals surface area contributed by atoms with Crippen LogP contribution in [0.2, 0.25) is 0 Å². The van der Waals surface area contributed by atoms with E-state index in [9.17, 15) is 4.79 Å². The lowest BCUT2D eigenvalue weighted by molar-refractivity contribution is -0.117. The van der Waals surface area contributed by atoms with Crippen molar-refractivity contribution in [3.8, 4) is 0 Å². The van der Waals surface area contributed by atoms with Crippen LogP contribution in [-0.4, -0.2) is 5.78 Å². The van der Waals surface area contributed by atoms with Gasteiger partial charge in [0.25, 0.3) is 0 Å². The fourth-order valence-electron chi connectivity index (χ4n) is 3.05. The van der Waals surface area contributed by atoms with Crippen molar-refractivity contribution in [2.45, 2.75) is 59.8 Å². The monoisotopic (exact) mass is 299 g/mol. The van der Waals surface area contributed by atoms with E-state index in [0.29, 0.717) is 23.5 Å². The molecule has 0 aliphatic heterocycles. The van der Waals surface area contributed by atoms with Gasteiger partial charge in [-0.25, -0.2) is 0 Å². The summed E-state index contributed by atoms with van der Waals surface area (Å²) in [6, 6.07) is 8.42. The number of carbonyl (C=O) groups excluding carboxylic acids is 1. The van der Waals surface area contributed by atoms with E-state index in [4.69, 9.17) is 0 Å². The molecule has 1 fully saturated rings. The summed E-state index contributed by atoms with van der Waals surface area (Å²) >= 11 is 0. The summed E-state index contributed by atoms with van der Waals surface area (Å²) in [6.07, 6.45) is 6.76. The van der Waals surface area contributed by atoms with Crippen LogP contribution in [0.1, 0.15) is 58.9 Å². The predicted molar refractivity (Wildman–Crippen MR) is 93.9 cm³/mol. The highest BCUT2D eigenvalue weighted by molar-refractivity contribution is 5.96. The smallest absolute Gasteiger partial charge is 0.160 e. The van der Waals surface area contributed by atoms with Crippen LogP contribution >= 0.6 is 0 Å². The first-order valence-corrected chi connectivity index (χ1v) is 8.54. The van der Waals surface area contributed by atoms with Crippen LogP contribution in [0.3, 0.4) is 0 Å². The Balaban J connectivity index is 2.06. The Morgan fingerprint density at radius 3 is 2.50 bits per heavy atom. The van der Waals surface area contributed by atoms with E-state index in [-0.39, 0.29) is 0 Å². The second kappa shape index (κ2) is 7.13. The molecule has 1 atom stereocenters. The van der Waals surface area contributed by atoms with Crippen LogP contribution in [-0.2, 0) is 11.2 Å². The van der Waals surface area contributed by atoms with Crippen LogP contribution in [0, 0.1) is 11.3 Å². The Labute approximate surface area is 135 Å². The lowest BCUT2D eigenvalue weighted by Gasteiger charge is -2.36. The maximum absolute atomic E-state index is 12.2. The number of hydrogen-bond donors (Lipinski definition) is 1. The average molecular weight is 299 g/mol. The standard InChI is InChI=1S/C20H29NO/c1-5-15-7-10-18(11-8-15)21-14-16-13-17(9-12-19(16)22)20(3,4)6-2/h7-8,10-11,14,17,21H,5-6,9,12-13H2,1-4H3/b16-14+/t17-/m1/s1. The molecule has 2 nitrogen and oxygen atoms in total. The van der Waals surface area contributed by atoms with Crippen molar-refractivity contribution >= 4 is 11.5 Å². The lowest BCUT2D eigenvalue weighted by atomic mass is 9.68. The van der Waals surface area contributed by atoms with Crippen molar-refractivity contribution < 1.29 is 4.79 Å². The third-order valence-corrected chi connectivity index (χ3v) is 5.34. The summed E-state index contributed by atoms with van der Waals surface area (Å²) in [5.41, 5.74) is 3.64. The van der Waals surface area contributed by atoms with Gasteiger partial charge in [-0.15, -0.1) is 0 Å². The lowest BCUT2D eigenvalue weighted by Crippen LogP contribution is -2.29. The SMILES string of the molecule is CCc1ccc(N/C=C2\C[C@H](C(C)(C)CC)CCC2=O)cc1. The van der Waals surface area contributed by atoms with Crippen LogP contribution in [0.25, 0.3) is 0 Å². The van der Waals surface area contributed by atoms with Crippen LogP contribution in [0.5, 0.6) is 0 Å². The molecule has 1 aliphatic carbocycles. The van der Waals surface area contributed by atoms with Gasteiger partial charge in [0.1, 0.15) is 0 Å². The maximum Gasteiger partial charge on any atom is 0.160 e. The summed E-state index contributed by atoms with van der Waals surface area (Å²) in [6.45, 7) is 9.04. The van der Waals surface area contributed by atoms with Gasteiger partial charge in [-0.3, -0.25) is 4.79 Å². The Bertz CT molecular complexity index is 539. The van der Waals surface area contributed by atoms with Gasteiger partial charge in [-0.1, -0.05) is 46.2 Å². The largest absolute Gasteiger partial charge is 0.361 e. The molecule has 2 rings (SSSR count). The van der Waals surface area contributed by atoms with Gasteiger partial charge < -0.3 is 5.32 Å². The van der Waals surface area contributed by atoms with Crippen LogP contribution in [0.15, 0.2) is 36.0 Å². The molecule has 1 aromatic rings. The second-order valence-electron chi connectivity index (χ2n) is 7.07. The van der Waals surface area contributed by atoms with Gasteiger partial charge in [0, 0.05) is 23.9 Å². The fraction of sp³-hybridized carbons (Fsp3) is 0.550. The third-order valence-electron chi connectivity index (χ3n) is 5.34. The van der Waals surface area contributed by atoms with Gasteiger partial charge in [-0.05, 0) is 48.3 Å². The van der Waals surface area contributed by atoms with Gasteiger partial charge in [0.2, 0.25) is 0 Å². The van der Waals surface area contributed by atoms with Crippen LogP contribution in [0.4, 0.5) is 5.69 Å². The zero-order chi connectivity index (χ0) is 16.2. The number of anilines is 1. The van der Waals surface area contributed by atoms with Crippen molar-refractivity contribution in [3.63, 3.8) is 0 Å². The molecule has 1 aromatic carbocycles. The first-order valence-electron chi connectivity index (χ1n) is 8.54. The van der Waals surface area contributed by atoms with E-state index in [1.54, 1.807) is 0 Å². The second-order valence-corrected chi connectivity index (χ2v) is 7.07. The molecule has 1 N–H and O–H groups in total. The zero-order valence-corrected chi connectivity index (χ0v) is 14.4. The minimum absolute atomic E-state index is 0.306. The fourth-order valence-corrected chi connectivity index (χ4v) is 3.05. The van der Waals surface area contributed by atoms with E-state index in [0.717, 1.165) is 36.9 Å². The van der Waals surface area contributed by atoms with Gasteiger partial charge >= 0.3 is 0 Å². The molecule has 22 heavy (non-hydrogen) atoms. The zero-order valence-electron chi connectivity index (χ0n) is 14.4. The summed E-state index contributed by atoms with van der Waals surface area (Å²) in [5.74, 6) is 0.909. The van der Waals surface area contributed by atoms with Crippen molar-refractivity contribution in [3.05, 3.63) is 41.6 Å². The molecule has 0 amide bonds. The number of nitrogens with one attached hydrogen (secondary N) is 1. The first kappa shape index (κ1) is 16.8. The van der Waals surface area contributed by atoms with E-state index in [1.807, 2.05) is 6.20 Å². The number of hydrogen-bond acceptors (Lipinski definition) is 2. The Hall–Kier alpha value is -1.57. The summed E-state index contributed by atoms with van der Waals surface area (Å²) in [7, 11) is 0. The first-order chi connectivity index (χ1) is 10.5. The maximum atomic E-state index is 12.2. The van der Waals surface area contributed by atoms with Gasteiger partial charge in [0.05, 0.1) is 0 Å². The molecule has 0 aromatic heterocycles. The van der Waals surface area contributed by atoms with Crippen LogP contribution < -0.4 is 5.32 Å². The summed E-state index contributed by atoms with van der Waals surface area (Å²) in [4.78, 5) is 12.2. The number of benzene rings is 1. The van der Waals surface area contributed by atoms with E-state index in [2.05, 4.69) is 57.3 Å². The molecule has 2 heteroatoms. The number of rotatable bonds is 5.